The average molecular weight is 230 g/mol. The second kappa shape index (κ2) is 5.70. The molecule has 2 N–H and O–H groups in total. The molecule has 0 aliphatic carbocycles. The number of aliphatic carboxylic acids is 2. The van der Waals surface area contributed by atoms with Gasteiger partial charge in [0, 0.05) is 19.7 Å². The summed E-state index contributed by atoms with van der Waals surface area (Å²) in [5.74, 6) is -2.33. The maximum atomic E-state index is 10.7. The summed E-state index contributed by atoms with van der Waals surface area (Å²) in [7, 11) is -1.17. The minimum Gasteiger partial charge on any atom is -0.478 e. The first kappa shape index (κ1) is 13.9. The molecule has 0 bridgehead atoms. The third-order valence-corrected chi connectivity index (χ3v) is 3.80. The second-order valence-electron chi connectivity index (χ2n) is 4.73. The Balaban J connectivity index is 4.22. The maximum absolute atomic E-state index is 10.7. The van der Waals surface area contributed by atoms with Crippen molar-refractivity contribution in [1.82, 2.24) is 0 Å². The van der Waals surface area contributed by atoms with Crippen molar-refractivity contribution in [2.75, 3.05) is 0 Å². The zero-order valence-corrected chi connectivity index (χ0v) is 10.4. The van der Waals surface area contributed by atoms with Crippen LogP contribution < -0.4 is 0 Å². The minimum atomic E-state index is -1.19. The lowest BCUT2D eigenvalue weighted by Gasteiger charge is -2.14. The van der Waals surface area contributed by atoms with Gasteiger partial charge in [0.25, 0.3) is 0 Å². The van der Waals surface area contributed by atoms with Crippen molar-refractivity contribution in [2.24, 2.45) is 0 Å². The van der Waals surface area contributed by atoms with E-state index in [0.717, 1.165) is 18.5 Å². The molecule has 0 fully saturated rings. The Hall–Kier alpha value is -1.10. The van der Waals surface area contributed by atoms with Crippen LogP contribution in [0, 0.1) is 0 Å². The van der Waals surface area contributed by atoms with Crippen molar-refractivity contribution < 1.29 is 19.8 Å². The predicted octanol–water partition coefficient (Wildman–Crippen LogP) is 2.20. The largest absolute Gasteiger partial charge is 0.478 e. The SMILES string of the molecule is C[Si](C)(C)CCC/C(=C\C(=O)O)C(=O)O. The fraction of sp³-hybridized carbons (Fsp3) is 0.600. The molecular weight excluding hydrogens is 212 g/mol. The number of hydrogen-bond acceptors (Lipinski definition) is 2. The molecule has 0 heterocycles. The molecule has 0 saturated carbocycles. The number of rotatable bonds is 6. The van der Waals surface area contributed by atoms with Crippen molar-refractivity contribution in [3.8, 4) is 0 Å². The van der Waals surface area contributed by atoms with Gasteiger partial charge in [0.1, 0.15) is 0 Å². The van der Waals surface area contributed by atoms with Crippen LogP contribution in [0.15, 0.2) is 11.6 Å². The molecule has 0 spiro atoms. The monoisotopic (exact) mass is 230 g/mol. The Morgan fingerprint density at radius 1 is 1.20 bits per heavy atom. The molecule has 0 aliphatic rings. The first-order valence-electron chi connectivity index (χ1n) is 4.89. The van der Waals surface area contributed by atoms with E-state index >= 15 is 0 Å². The number of carboxylic acids is 2. The van der Waals surface area contributed by atoms with Gasteiger partial charge >= 0.3 is 11.9 Å². The van der Waals surface area contributed by atoms with Crippen LogP contribution in [0.2, 0.25) is 25.7 Å². The molecule has 0 aromatic heterocycles. The Morgan fingerprint density at radius 3 is 2.07 bits per heavy atom. The van der Waals surface area contributed by atoms with Gasteiger partial charge in [-0.3, -0.25) is 0 Å². The van der Waals surface area contributed by atoms with Crippen LogP contribution in [0.3, 0.4) is 0 Å². The zero-order valence-electron chi connectivity index (χ0n) is 9.41. The molecule has 0 aliphatic heterocycles. The zero-order chi connectivity index (χ0) is 12.1. The van der Waals surface area contributed by atoms with Crippen LogP contribution in [0.5, 0.6) is 0 Å². The van der Waals surface area contributed by atoms with Crippen LogP contribution in [0.25, 0.3) is 0 Å². The van der Waals surface area contributed by atoms with Gasteiger partial charge in [-0.2, -0.15) is 0 Å². The molecule has 0 atom stereocenters. The second-order valence-corrected chi connectivity index (χ2v) is 10.3. The van der Waals surface area contributed by atoms with Gasteiger partial charge in [0.15, 0.2) is 0 Å². The molecule has 0 rings (SSSR count). The first-order chi connectivity index (χ1) is 6.72. The van der Waals surface area contributed by atoms with E-state index in [4.69, 9.17) is 10.2 Å². The van der Waals surface area contributed by atoms with Crippen molar-refractivity contribution in [1.29, 1.82) is 0 Å². The van der Waals surface area contributed by atoms with Gasteiger partial charge in [-0.15, -0.1) is 0 Å². The van der Waals surface area contributed by atoms with E-state index in [2.05, 4.69) is 19.6 Å². The molecule has 0 aromatic carbocycles. The van der Waals surface area contributed by atoms with Gasteiger partial charge in [-0.25, -0.2) is 9.59 Å². The molecule has 86 valence electrons. The molecule has 4 nitrogen and oxygen atoms in total. The molecular formula is C10H18O4Si. The molecule has 0 amide bonds. The lowest BCUT2D eigenvalue weighted by molar-refractivity contribution is -0.135. The molecule has 15 heavy (non-hydrogen) atoms. The van der Waals surface area contributed by atoms with Gasteiger partial charge in [-0.1, -0.05) is 32.1 Å². The van der Waals surface area contributed by atoms with E-state index < -0.39 is 20.0 Å². The third-order valence-electron chi connectivity index (χ3n) is 1.95. The summed E-state index contributed by atoms with van der Waals surface area (Å²) >= 11 is 0. The summed E-state index contributed by atoms with van der Waals surface area (Å²) in [6.45, 7) is 6.61. The lowest BCUT2D eigenvalue weighted by Crippen LogP contribution is -2.19. The van der Waals surface area contributed by atoms with Gasteiger partial charge in [0.2, 0.25) is 0 Å². The first-order valence-corrected chi connectivity index (χ1v) is 8.60. The van der Waals surface area contributed by atoms with Crippen LogP contribution in [-0.4, -0.2) is 30.2 Å². The van der Waals surface area contributed by atoms with E-state index in [-0.39, 0.29) is 5.57 Å². The fourth-order valence-corrected chi connectivity index (χ4v) is 2.44. The number of hydrogen-bond donors (Lipinski definition) is 2. The summed E-state index contributed by atoms with van der Waals surface area (Å²) in [6.07, 6.45) is 1.87. The Labute approximate surface area is 90.6 Å². The molecule has 0 radical (unpaired) electrons. The van der Waals surface area contributed by atoms with Crippen LogP contribution >= 0.6 is 0 Å². The lowest BCUT2D eigenvalue weighted by atomic mass is 10.1. The fourth-order valence-electron chi connectivity index (χ4n) is 1.20. The summed E-state index contributed by atoms with van der Waals surface area (Å²) < 4.78 is 0. The van der Waals surface area contributed by atoms with Crippen molar-refractivity contribution in [3.63, 3.8) is 0 Å². The van der Waals surface area contributed by atoms with E-state index in [9.17, 15) is 9.59 Å². The average Bonchev–Trinajstić information content (AvgIpc) is 1.99. The number of carboxylic acid groups (broad SMARTS) is 2. The molecule has 0 saturated heterocycles. The Morgan fingerprint density at radius 2 is 1.73 bits per heavy atom. The normalized spacial score (nSPS) is 12.6. The van der Waals surface area contributed by atoms with E-state index in [0.29, 0.717) is 6.42 Å². The standard InChI is InChI=1S/C10H18O4Si/c1-15(2,3)6-4-5-8(10(13)14)7-9(11)12/h7H,4-6H2,1-3H3,(H,11,12)(H,13,14)/b8-7+. The maximum Gasteiger partial charge on any atom is 0.331 e. The minimum absolute atomic E-state index is 0.0132. The topological polar surface area (TPSA) is 74.6 Å². The molecule has 0 aromatic rings. The molecule has 0 unspecified atom stereocenters. The Kier molecular flexibility index (Phi) is 5.28. The van der Waals surface area contributed by atoms with Crippen molar-refractivity contribution >= 4 is 20.0 Å². The van der Waals surface area contributed by atoms with Gasteiger partial charge < -0.3 is 10.2 Å². The van der Waals surface area contributed by atoms with E-state index in [1.54, 1.807) is 0 Å². The van der Waals surface area contributed by atoms with Gasteiger partial charge in [0.05, 0.1) is 0 Å². The van der Waals surface area contributed by atoms with Crippen molar-refractivity contribution in [2.45, 2.75) is 38.5 Å². The Bertz CT molecular complexity index is 276. The highest BCUT2D eigenvalue weighted by molar-refractivity contribution is 6.76. The molecule has 5 heteroatoms. The summed E-state index contributed by atoms with van der Waals surface area (Å²) in [5, 5.41) is 17.2. The summed E-state index contributed by atoms with van der Waals surface area (Å²) in [5.41, 5.74) is -0.0132. The quantitative estimate of drug-likeness (QED) is 0.542. The summed E-state index contributed by atoms with van der Waals surface area (Å²) in [4.78, 5) is 21.0. The highest BCUT2D eigenvalue weighted by Gasteiger charge is 2.15. The van der Waals surface area contributed by atoms with E-state index in [1.165, 1.54) is 0 Å². The highest BCUT2D eigenvalue weighted by Crippen LogP contribution is 2.16. The van der Waals surface area contributed by atoms with Crippen LogP contribution in [-0.2, 0) is 9.59 Å². The smallest absolute Gasteiger partial charge is 0.331 e. The summed E-state index contributed by atoms with van der Waals surface area (Å²) in [6, 6.07) is 1.01. The van der Waals surface area contributed by atoms with Crippen LogP contribution in [0.4, 0.5) is 0 Å². The highest BCUT2D eigenvalue weighted by atomic mass is 28.3. The van der Waals surface area contributed by atoms with Crippen LogP contribution in [0.1, 0.15) is 12.8 Å². The van der Waals surface area contributed by atoms with Crippen molar-refractivity contribution in [3.05, 3.63) is 11.6 Å². The van der Waals surface area contributed by atoms with Gasteiger partial charge in [-0.05, 0) is 6.42 Å². The number of carbonyl (C=O) groups is 2. The predicted molar refractivity (Wildman–Crippen MR) is 60.7 cm³/mol. The van der Waals surface area contributed by atoms with E-state index in [1.807, 2.05) is 0 Å². The third kappa shape index (κ3) is 7.93.